The monoisotopic (exact) mass is 1250 g/mol. The highest BCUT2D eigenvalue weighted by Crippen LogP contribution is 2.13. The van der Waals surface area contributed by atoms with E-state index in [1.165, 1.54) is 12.5 Å². The second-order valence-electron chi connectivity index (χ2n) is 22.6. The van der Waals surface area contributed by atoms with Crippen LogP contribution in [0.15, 0.2) is 73.2 Å². The maximum Gasteiger partial charge on any atom is 0.326 e. The predicted molar refractivity (Wildman–Crippen MR) is 322 cm³/mol. The van der Waals surface area contributed by atoms with Crippen molar-refractivity contribution in [3.8, 4) is 0 Å². The number of aromatic nitrogens is 2. The molecule has 2 aromatic carbocycles. The van der Waals surface area contributed by atoms with Gasteiger partial charge in [-0.05, 0) is 68.0 Å². The molecule has 89 heavy (non-hydrogen) atoms. The van der Waals surface area contributed by atoms with Gasteiger partial charge in [0.05, 0.1) is 38.0 Å². The van der Waals surface area contributed by atoms with Crippen LogP contribution in [-0.4, -0.2) is 188 Å². The van der Waals surface area contributed by atoms with Crippen molar-refractivity contribution in [1.82, 2.24) is 63.1 Å². The summed E-state index contributed by atoms with van der Waals surface area (Å²) < 4.78 is 0. The molecular weight excluding hydrogens is 1160 g/mol. The molecule has 0 radical (unpaired) electrons. The molecule has 0 saturated carbocycles. The molecule has 0 aliphatic rings. The van der Waals surface area contributed by atoms with Crippen LogP contribution in [0.1, 0.15) is 97.4 Å². The zero-order valence-electron chi connectivity index (χ0n) is 51.1. The van der Waals surface area contributed by atoms with Gasteiger partial charge in [-0.3, -0.25) is 52.7 Å². The number of aliphatic carboxylic acids is 2. The predicted octanol–water partition coefficient (Wildman–Crippen LogP) is -3.34. The lowest BCUT2D eigenvalue weighted by molar-refractivity contribution is -0.142. The number of unbranched alkanes of at least 4 members (excludes halogenated alkanes) is 1. The van der Waals surface area contributed by atoms with Gasteiger partial charge in [0.25, 0.3) is 0 Å². The van der Waals surface area contributed by atoms with Gasteiger partial charge in [-0.2, -0.15) is 0 Å². The van der Waals surface area contributed by atoms with Crippen LogP contribution < -0.4 is 64.6 Å². The van der Waals surface area contributed by atoms with Crippen LogP contribution in [0.5, 0.6) is 0 Å². The standard InChI is InChI=1S/C59H88N14O16/c1-31(2)22-40(66-54(83)42(26-46(77)78)68-58(87)49(34(7)75)73-50(79)38(61)25-37-27-62-30-64-37)53(82)70-44(29-74)51(80)63-28-45(76)65-39(20-14-15-21-60)52(81)71-47(32(3)4)56(85)67-41(23-35-16-10-8-11-17-35)55(84)72-48(33(5)6)57(86)69-43(59(88)89)24-36-18-12-9-13-19-36/h8-13,16-19,27,30-34,38-44,47-49,74-75H,14-15,20-26,28-29,60-61H2,1-7H3,(H,62,64)(H,63,80)(H,65,76)(H,66,83)(H,67,85)(H,68,87)(H,69,86)(H,70,82)(H,71,81)(H,72,84)(H,73,79)(H,77,78)(H,88,89)/t34-,38+,39+,40+,41+,42+,43+,44+,47+,48+,49+/m1/s1. The number of rotatable bonds is 39. The first kappa shape index (κ1) is 74.4. The molecule has 3 aromatic rings. The summed E-state index contributed by atoms with van der Waals surface area (Å²) in [6.45, 7) is 9.39. The molecule has 3 rings (SSSR count). The molecule has 30 heteroatoms. The van der Waals surface area contributed by atoms with Crippen molar-refractivity contribution in [1.29, 1.82) is 0 Å². The molecular formula is C59H88N14O16. The molecule has 30 nitrogen and oxygen atoms in total. The molecule has 0 unspecified atom stereocenters. The summed E-state index contributed by atoms with van der Waals surface area (Å²) in [7, 11) is 0. The van der Waals surface area contributed by atoms with Gasteiger partial charge in [0, 0.05) is 31.2 Å². The van der Waals surface area contributed by atoms with Crippen LogP contribution in [0.25, 0.3) is 0 Å². The highest BCUT2D eigenvalue weighted by Gasteiger charge is 2.37. The Labute approximate surface area is 515 Å². The molecule has 490 valence electrons. The third-order valence-corrected chi connectivity index (χ3v) is 13.9. The average Bonchev–Trinajstić information content (AvgIpc) is 4.07. The lowest BCUT2D eigenvalue weighted by Crippen LogP contribution is -2.61. The Morgan fingerprint density at radius 2 is 1.00 bits per heavy atom. The summed E-state index contributed by atoms with van der Waals surface area (Å²) in [5.74, 6) is -13.9. The molecule has 1 aromatic heterocycles. The quantitative estimate of drug-likeness (QED) is 0.0248. The number of aliphatic hydroxyl groups is 2. The summed E-state index contributed by atoms with van der Waals surface area (Å²) in [5.41, 5.74) is 13.5. The first-order valence-electron chi connectivity index (χ1n) is 29.3. The minimum Gasteiger partial charge on any atom is -0.481 e. The van der Waals surface area contributed by atoms with E-state index in [0.29, 0.717) is 29.7 Å². The van der Waals surface area contributed by atoms with E-state index in [4.69, 9.17) is 11.5 Å². The van der Waals surface area contributed by atoms with Gasteiger partial charge in [-0.25, -0.2) is 9.78 Å². The van der Waals surface area contributed by atoms with Crippen molar-refractivity contribution >= 4 is 71.0 Å². The minimum absolute atomic E-state index is 0.00405. The molecule has 0 saturated heterocycles. The molecule has 0 bridgehead atoms. The van der Waals surface area contributed by atoms with Gasteiger partial charge in [-0.15, -0.1) is 0 Å². The van der Waals surface area contributed by atoms with Crippen LogP contribution in [0.3, 0.4) is 0 Å². The third kappa shape index (κ3) is 26.2. The minimum atomic E-state index is -1.89. The van der Waals surface area contributed by atoms with Crippen molar-refractivity contribution in [2.75, 3.05) is 19.7 Å². The van der Waals surface area contributed by atoms with Crippen LogP contribution in [0.4, 0.5) is 0 Å². The Hall–Kier alpha value is -8.87. The number of carboxylic acid groups (broad SMARTS) is 2. The Bertz CT molecular complexity index is 2820. The Morgan fingerprint density at radius 3 is 1.48 bits per heavy atom. The number of amides is 10. The number of hydrogen-bond acceptors (Lipinski definition) is 17. The summed E-state index contributed by atoms with van der Waals surface area (Å²) in [5, 5.41) is 64.8. The van der Waals surface area contributed by atoms with E-state index in [-0.39, 0.29) is 44.6 Å². The number of nitrogens with one attached hydrogen (secondary N) is 11. The topological polar surface area (TPSA) is 487 Å². The first-order chi connectivity index (χ1) is 42.0. The number of hydrogen-bond donors (Lipinski definition) is 17. The largest absolute Gasteiger partial charge is 0.481 e. The van der Waals surface area contributed by atoms with Crippen molar-refractivity contribution in [3.63, 3.8) is 0 Å². The van der Waals surface area contributed by atoms with Crippen LogP contribution in [-0.2, 0) is 76.8 Å². The number of nitrogens with two attached hydrogens (primary N) is 2. The highest BCUT2D eigenvalue weighted by atomic mass is 16.4. The van der Waals surface area contributed by atoms with E-state index < -0.39 is 169 Å². The maximum absolute atomic E-state index is 14.3. The van der Waals surface area contributed by atoms with Crippen molar-refractivity contribution in [3.05, 3.63) is 90.0 Å². The molecule has 19 N–H and O–H groups in total. The van der Waals surface area contributed by atoms with Gasteiger partial charge in [0.1, 0.15) is 54.4 Å². The number of carbonyl (C=O) groups excluding carboxylic acids is 10. The van der Waals surface area contributed by atoms with Gasteiger partial charge in [0.15, 0.2) is 0 Å². The molecule has 0 spiro atoms. The highest BCUT2D eigenvalue weighted by molar-refractivity contribution is 5.99. The van der Waals surface area contributed by atoms with Gasteiger partial charge < -0.3 is 90.0 Å². The van der Waals surface area contributed by atoms with E-state index in [9.17, 15) is 78.0 Å². The van der Waals surface area contributed by atoms with E-state index in [1.54, 1.807) is 102 Å². The molecule has 1 heterocycles. The SMILES string of the molecule is CC(C)C[C@H](NC(=O)[C@H](CC(=O)O)NC(=O)[C@@H](NC(=O)[C@@H](N)Cc1cnc[nH]1)[C@@H](C)O)C(=O)N[C@@H](CO)C(=O)NCC(=O)N[C@@H](CCCCN)C(=O)N[C@H](C(=O)N[C@@H](Cc1ccccc1)C(=O)N[C@H](C(=O)N[C@@H](Cc1ccccc1)C(=O)O)C(C)C)C(C)C. The molecule has 0 fully saturated rings. The first-order valence-corrected chi connectivity index (χ1v) is 29.3. The van der Waals surface area contributed by atoms with Crippen LogP contribution in [0.2, 0.25) is 0 Å². The van der Waals surface area contributed by atoms with Crippen molar-refractivity contribution in [2.45, 2.75) is 166 Å². The van der Waals surface area contributed by atoms with Gasteiger partial charge in [-0.1, -0.05) is 102 Å². The number of carboxylic acids is 2. The lowest BCUT2D eigenvalue weighted by atomic mass is 9.98. The number of nitrogens with zero attached hydrogens (tertiary/aromatic N) is 1. The lowest BCUT2D eigenvalue weighted by Gasteiger charge is -2.29. The number of benzene rings is 2. The normalized spacial score (nSPS) is 14.9. The molecule has 11 atom stereocenters. The van der Waals surface area contributed by atoms with E-state index >= 15 is 0 Å². The molecule has 0 aliphatic carbocycles. The zero-order chi connectivity index (χ0) is 66.5. The second-order valence-corrected chi connectivity index (χ2v) is 22.6. The Balaban J connectivity index is 1.74. The summed E-state index contributed by atoms with van der Waals surface area (Å²) in [6, 6.07) is 2.55. The number of aliphatic hydroxyl groups excluding tert-OH is 2. The fourth-order valence-electron chi connectivity index (χ4n) is 8.99. The number of carbonyl (C=O) groups is 12. The van der Waals surface area contributed by atoms with Crippen molar-refractivity contribution < 1.29 is 78.0 Å². The summed E-state index contributed by atoms with van der Waals surface area (Å²) >= 11 is 0. The van der Waals surface area contributed by atoms with Crippen molar-refractivity contribution in [2.24, 2.45) is 29.2 Å². The van der Waals surface area contributed by atoms with E-state index in [1.807, 2.05) is 0 Å². The zero-order valence-corrected chi connectivity index (χ0v) is 51.1. The molecule has 10 amide bonds. The summed E-state index contributed by atoms with van der Waals surface area (Å²) in [6.07, 6.45) is 0.612. The Kier molecular flexibility index (Phi) is 31.5. The number of imidazole rings is 1. The summed E-state index contributed by atoms with van der Waals surface area (Å²) in [4.78, 5) is 168. The van der Waals surface area contributed by atoms with E-state index in [0.717, 1.165) is 6.92 Å². The fraction of sp³-hybridized carbons (Fsp3) is 0.542. The van der Waals surface area contributed by atoms with Gasteiger partial charge >= 0.3 is 11.9 Å². The average molecular weight is 1250 g/mol. The maximum atomic E-state index is 14.3. The van der Waals surface area contributed by atoms with Gasteiger partial charge in [0.2, 0.25) is 59.1 Å². The third-order valence-electron chi connectivity index (χ3n) is 13.9. The number of H-pyrrole nitrogens is 1. The smallest absolute Gasteiger partial charge is 0.326 e. The van der Waals surface area contributed by atoms with Crippen LogP contribution >= 0.6 is 0 Å². The molecule has 0 aliphatic heterocycles. The fourth-order valence-corrected chi connectivity index (χ4v) is 8.99. The van der Waals surface area contributed by atoms with Crippen LogP contribution in [0, 0.1) is 17.8 Å². The number of aromatic amines is 1. The van der Waals surface area contributed by atoms with E-state index in [2.05, 4.69) is 63.1 Å². The second kappa shape index (κ2) is 37.7. The Morgan fingerprint density at radius 1 is 0.528 bits per heavy atom.